The van der Waals surface area contributed by atoms with Crippen molar-refractivity contribution >= 4 is 17.7 Å². The summed E-state index contributed by atoms with van der Waals surface area (Å²) in [7, 11) is 1.56. The SMILES string of the molecule is CNC(=O)[C@@H]1[C@H]2C(=O)N(CCO)C(C(=O)NC3CCCCC3)C23CC(C)[C@@]1(C)O3. The highest BCUT2D eigenvalue weighted by molar-refractivity contribution is 5.99. The van der Waals surface area contributed by atoms with Gasteiger partial charge in [-0.25, -0.2) is 0 Å². The Kier molecular flexibility index (Phi) is 5.14. The number of β-amino-alcohol motifs (C(OH)–C–C–N with tert-alkyl or cyclic N) is 1. The summed E-state index contributed by atoms with van der Waals surface area (Å²) in [5, 5.41) is 15.4. The molecule has 0 aromatic carbocycles. The van der Waals surface area contributed by atoms with Crippen molar-refractivity contribution in [1.82, 2.24) is 15.5 Å². The average molecular weight is 408 g/mol. The predicted molar refractivity (Wildman–Crippen MR) is 105 cm³/mol. The van der Waals surface area contributed by atoms with Crippen LogP contribution in [0.5, 0.6) is 0 Å². The van der Waals surface area contributed by atoms with Gasteiger partial charge in [0.1, 0.15) is 11.6 Å². The van der Waals surface area contributed by atoms with E-state index in [1.54, 1.807) is 7.05 Å². The Hall–Kier alpha value is -1.67. The second kappa shape index (κ2) is 7.23. The lowest BCUT2D eigenvalue weighted by molar-refractivity contribution is -0.148. The minimum Gasteiger partial charge on any atom is -0.395 e. The van der Waals surface area contributed by atoms with Crippen LogP contribution in [0, 0.1) is 17.8 Å². The van der Waals surface area contributed by atoms with E-state index >= 15 is 0 Å². The van der Waals surface area contributed by atoms with Crippen molar-refractivity contribution in [3.05, 3.63) is 0 Å². The second-order valence-corrected chi connectivity index (χ2v) is 9.42. The van der Waals surface area contributed by atoms with Crippen molar-refractivity contribution in [2.45, 2.75) is 75.7 Å². The van der Waals surface area contributed by atoms with E-state index in [-0.39, 0.29) is 42.8 Å². The summed E-state index contributed by atoms with van der Waals surface area (Å²) >= 11 is 0. The van der Waals surface area contributed by atoms with Crippen LogP contribution in [0.15, 0.2) is 0 Å². The largest absolute Gasteiger partial charge is 0.395 e. The highest BCUT2D eigenvalue weighted by Gasteiger charge is 2.79. The van der Waals surface area contributed by atoms with Crippen LogP contribution in [0.2, 0.25) is 0 Å². The summed E-state index contributed by atoms with van der Waals surface area (Å²) in [5.41, 5.74) is -1.80. The van der Waals surface area contributed by atoms with Gasteiger partial charge in [-0.3, -0.25) is 14.4 Å². The number of hydrogen-bond acceptors (Lipinski definition) is 5. The smallest absolute Gasteiger partial charge is 0.246 e. The lowest BCUT2D eigenvalue weighted by atomic mass is 9.62. The number of carbonyl (C=O) groups excluding carboxylic acids is 3. The summed E-state index contributed by atoms with van der Waals surface area (Å²) in [5.74, 6) is -2.00. The number of aliphatic hydroxyl groups excluding tert-OH is 1. The molecule has 4 aliphatic rings. The number of nitrogens with one attached hydrogen (secondary N) is 2. The van der Waals surface area contributed by atoms with Gasteiger partial charge in [0.15, 0.2) is 0 Å². The number of nitrogens with zero attached hydrogens (tertiary/aromatic N) is 1. The molecule has 2 bridgehead atoms. The molecular weight excluding hydrogens is 374 g/mol. The second-order valence-electron chi connectivity index (χ2n) is 9.42. The molecule has 162 valence electrons. The summed E-state index contributed by atoms with van der Waals surface area (Å²) in [6.45, 7) is 3.74. The molecule has 29 heavy (non-hydrogen) atoms. The maximum absolute atomic E-state index is 13.5. The first-order chi connectivity index (χ1) is 13.8. The maximum atomic E-state index is 13.5. The zero-order valence-electron chi connectivity index (χ0n) is 17.6. The van der Waals surface area contributed by atoms with Gasteiger partial charge in [0.2, 0.25) is 17.7 Å². The van der Waals surface area contributed by atoms with Crippen molar-refractivity contribution < 1.29 is 24.2 Å². The van der Waals surface area contributed by atoms with Gasteiger partial charge in [0.05, 0.1) is 24.0 Å². The van der Waals surface area contributed by atoms with E-state index in [2.05, 4.69) is 10.6 Å². The van der Waals surface area contributed by atoms with E-state index in [0.29, 0.717) is 6.42 Å². The molecule has 3 N–H and O–H groups in total. The molecule has 3 aliphatic heterocycles. The quantitative estimate of drug-likeness (QED) is 0.603. The first-order valence-electron chi connectivity index (χ1n) is 10.9. The Morgan fingerprint density at radius 1 is 1.24 bits per heavy atom. The van der Waals surface area contributed by atoms with Crippen LogP contribution in [0.25, 0.3) is 0 Å². The Morgan fingerprint density at radius 3 is 2.55 bits per heavy atom. The third kappa shape index (κ3) is 2.82. The van der Waals surface area contributed by atoms with Crippen LogP contribution >= 0.6 is 0 Å². The van der Waals surface area contributed by atoms with Crippen molar-refractivity contribution in [1.29, 1.82) is 0 Å². The summed E-state index contributed by atoms with van der Waals surface area (Å²) < 4.78 is 6.52. The molecule has 6 atom stereocenters. The molecule has 3 amide bonds. The van der Waals surface area contributed by atoms with Gasteiger partial charge in [0, 0.05) is 19.6 Å². The minimum atomic E-state index is -1.02. The number of ether oxygens (including phenoxy) is 1. The summed E-state index contributed by atoms with van der Waals surface area (Å²) in [4.78, 5) is 41.1. The van der Waals surface area contributed by atoms with E-state index in [9.17, 15) is 19.5 Å². The Labute approximate surface area is 171 Å². The topological polar surface area (TPSA) is 108 Å². The fourth-order valence-electron chi connectivity index (χ4n) is 6.47. The summed E-state index contributed by atoms with van der Waals surface area (Å²) in [6, 6.07) is -0.702. The standard InChI is InChI=1S/C21H33N3O5/c1-12-11-21-15(14(17(26)22-3)20(12,2)29-21)19(28)24(9-10-25)16(21)18(27)23-13-7-5-4-6-8-13/h12-16,25H,4-11H2,1-3H3,(H,22,26)(H,23,27)/t12?,14-,15-,16?,20+,21?/m0/s1. The molecular formula is C21H33N3O5. The molecule has 4 rings (SSSR count). The molecule has 4 fully saturated rings. The number of amides is 3. The molecule has 1 saturated carbocycles. The molecule has 0 aromatic heterocycles. The molecule has 3 saturated heterocycles. The fraction of sp³-hybridized carbons (Fsp3) is 0.857. The van der Waals surface area contributed by atoms with E-state index in [1.807, 2.05) is 13.8 Å². The summed E-state index contributed by atoms with van der Waals surface area (Å²) in [6.07, 6.45) is 5.80. The first-order valence-corrected chi connectivity index (χ1v) is 10.9. The zero-order valence-corrected chi connectivity index (χ0v) is 17.6. The molecule has 1 spiro atoms. The average Bonchev–Trinajstić information content (AvgIpc) is 3.20. The third-order valence-electron chi connectivity index (χ3n) is 7.88. The molecule has 1 aliphatic carbocycles. The van der Waals surface area contributed by atoms with Crippen LogP contribution in [-0.4, -0.2) is 71.2 Å². The lowest BCUT2D eigenvalue weighted by Gasteiger charge is -2.36. The van der Waals surface area contributed by atoms with Gasteiger partial charge >= 0.3 is 0 Å². The molecule has 3 unspecified atom stereocenters. The number of likely N-dealkylation sites (tertiary alicyclic amines) is 1. The highest BCUT2D eigenvalue weighted by atomic mass is 16.5. The van der Waals surface area contributed by atoms with Crippen molar-refractivity contribution in [3.63, 3.8) is 0 Å². The van der Waals surface area contributed by atoms with Gasteiger partial charge in [-0.2, -0.15) is 0 Å². The monoisotopic (exact) mass is 407 g/mol. The van der Waals surface area contributed by atoms with Crippen LogP contribution in [0.3, 0.4) is 0 Å². The van der Waals surface area contributed by atoms with E-state index < -0.39 is 29.1 Å². The van der Waals surface area contributed by atoms with Gasteiger partial charge in [-0.15, -0.1) is 0 Å². The van der Waals surface area contributed by atoms with E-state index in [1.165, 1.54) is 11.3 Å². The maximum Gasteiger partial charge on any atom is 0.246 e. The lowest BCUT2D eigenvalue weighted by Crippen LogP contribution is -2.57. The predicted octanol–water partition coefficient (Wildman–Crippen LogP) is 0.184. The zero-order chi connectivity index (χ0) is 21.0. The molecule has 0 radical (unpaired) electrons. The minimum absolute atomic E-state index is 0.0351. The molecule has 0 aromatic rings. The number of aliphatic hydroxyl groups is 1. The van der Waals surface area contributed by atoms with Gasteiger partial charge in [-0.1, -0.05) is 26.2 Å². The molecule has 3 heterocycles. The molecule has 8 nitrogen and oxygen atoms in total. The number of fused-ring (bicyclic) bond motifs is 1. The van der Waals surface area contributed by atoms with E-state index in [0.717, 1.165) is 25.7 Å². The van der Waals surface area contributed by atoms with Gasteiger partial charge < -0.3 is 25.4 Å². The van der Waals surface area contributed by atoms with Crippen molar-refractivity contribution in [2.24, 2.45) is 17.8 Å². The Balaban J connectivity index is 1.71. The fourth-order valence-corrected chi connectivity index (χ4v) is 6.47. The highest BCUT2D eigenvalue weighted by Crippen LogP contribution is 2.65. The Morgan fingerprint density at radius 2 is 1.93 bits per heavy atom. The normalized spacial score (nSPS) is 41.5. The van der Waals surface area contributed by atoms with Gasteiger partial charge in [-0.05, 0) is 32.1 Å². The Bertz CT molecular complexity index is 708. The van der Waals surface area contributed by atoms with Crippen LogP contribution in [0.1, 0.15) is 52.4 Å². The first kappa shape index (κ1) is 20.6. The van der Waals surface area contributed by atoms with Crippen LogP contribution in [-0.2, 0) is 19.1 Å². The van der Waals surface area contributed by atoms with Crippen LogP contribution in [0.4, 0.5) is 0 Å². The van der Waals surface area contributed by atoms with Crippen LogP contribution < -0.4 is 10.6 Å². The number of hydrogen-bond donors (Lipinski definition) is 3. The van der Waals surface area contributed by atoms with Gasteiger partial charge in [0.25, 0.3) is 0 Å². The van der Waals surface area contributed by atoms with E-state index in [4.69, 9.17) is 4.74 Å². The number of carbonyl (C=O) groups is 3. The van der Waals surface area contributed by atoms with Crippen molar-refractivity contribution in [3.8, 4) is 0 Å². The van der Waals surface area contributed by atoms with Crippen molar-refractivity contribution in [2.75, 3.05) is 20.2 Å². The third-order valence-corrected chi connectivity index (χ3v) is 7.88. The number of rotatable bonds is 5. The molecule has 8 heteroatoms.